The Kier molecular flexibility index (Phi) is 5.74. The third-order valence-corrected chi connectivity index (χ3v) is 3.87. The lowest BCUT2D eigenvalue weighted by Crippen LogP contribution is -2.32. The molecule has 0 saturated heterocycles. The van der Waals surface area contributed by atoms with E-state index >= 15 is 0 Å². The van der Waals surface area contributed by atoms with Crippen molar-refractivity contribution in [2.24, 2.45) is 0 Å². The van der Waals surface area contributed by atoms with E-state index in [1.807, 2.05) is 19.9 Å². The van der Waals surface area contributed by atoms with Gasteiger partial charge in [0.05, 0.1) is 24.1 Å². The second-order valence-corrected chi connectivity index (χ2v) is 6.32. The minimum absolute atomic E-state index is 0.0231. The van der Waals surface area contributed by atoms with Crippen LogP contribution in [-0.2, 0) is 4.79 Å². The highest BCUT2D eigenvalue weighted by Gasteiger charge is 2.08. The number of nitrogens with zero attached hydrogens (tertiary/aromatic N) is 2. The molecule has 0 spiro atoms. The molecule has 0 aliphatic carbocycles. The Balaban J connectivity index is 1.75. The van der Waals surface area contributed by atoms with Gasteiger partial charge in [-0.1, -0.05) is 18.2 Å². The Morgan fingerprint density at radius 1 is 1.18 bits per heavy atom. The van der Waals surface area contributed by atoms with Gasteiger partial charge >= 0.3 is 0 Å². The summed E-state index contributed by atoms with van der Waals surface area (Å²) in [6, 6.07) is 12.3. The number of para-hydroxylation sites is 1. The van der Waals surface area contributed by atoms with Crippen LogP contribution in [-0.4, -0.2) is 28.8 Å². The van der Waals surface area contributed by atoms with Crippen molar-refractivity contribution in [3.63, 3.8) is 0 Å². The smallest absolute Gasteiger partial charge is 0.280 e. The van der Waals surface area contributed by atoms with Gasteiger partial charge in [0, 0.05) is 6.08 Å². The highest BCUT2D eigenvalue weighted by Crippen LogP contribution is 2.29. The first kappa shape index (κ1) is 19.2. The number of hydrogen-bond acceptors (Lipinski definition) is 5. The predicted octanol–water partition coefficient (Wildman–Crippen LogP) is 2.98. The molecule has 3 aromatic rings. The average Bonchev–Trinajstić information content (AvgIpc) is 2.69. The lowest BCUT2D eigenvalue weighted by atomic mass is 10.2. The Morgan fingerprint density at radius 3 is 2.71 bits per heavy atom. The molecule has 3 rings (SSSR count). The summed E-state index contributed by atoms with van der Waals surface area (Å²) in [5.74, 6) is 0.750. The molecule has 1 heterocycles. The van der Waals surface area contributed by atoms with E-state index < -0.39 is 5.91 Å². The number of rotatable bonds is 6. The fourth-order valence-corrected chi connectivity index (χ4v) is 2.62. The van der Waals surface area contributed by atoms with Crippen LogP contribution in [0.25, 0.3) is 17.0 Å². The summed E-state index contributed by atoms with van der Waals surface area (Å²) in [4.78, 5) is 28.8. The maximum atomic E-state index is 12.4. The van der Waals surface area contributed by atoms with Gasteiger partial charge in [-0.15, -0.1) is 0 Å². The standard InChI is InChI=1S/C21H21N3O4/c1-14(2)28-18-10-8-15(12-19(18)27-3)9-11-20(25)23-24-13-22-17-7-5-4-6-16(17)21(24)26/h4-14H,1-3H3,(H,23,25)/b11-9+. The Hall–Kier alpha value is -3.61. The molecule has 0 aliphatic rings. The van der Waals surface area contributed by atoms with E-state index in [1.54, 1.807) is 49.6 Å². The summed E-state index contributed by atoms with van der Waals surface area (Å²) in [7, 11) is 1.56. The number of ether oxygens (including phenoxy) is 2. The molecule has 0 bridgehead atoms. The summed E-state index contributed by atoms with van der Waals surface area (Å²) >= 11 is 0. The molecular formula is C21H21N3O4. The van der Waals surface area contributed by atoms with Crippen molar-refractivity contribution in [2.75, 3.05) is 12.5 Å². The van der Waals surface area contributed by atoms with Crippen molar-refractivity contribution in [3.8, 4) is 11.5 Å². The highest BCUT2D eigenvalue weighted by atomic mass is 16.5. The molecule has 0 saturated carbocycles. The van der Waals surface area contributed by atoms with Crippen LogP contribution in [0, 0.1) is 0 Å². The van der Waals surface area contributed by atoms with Crippen molar-refractivity contribution in [1.82, 2.24) is 9.66 Å². The summed E-state index contributed by atoms with van der Waals surface area (Å²) < 4.78 is 12.1. The maximum absolute atomic E-state index is 12.4. The van der Waals surface area contributed by atoms with Crippen LogP contribution in [0.2, 0.25) is 0 Å². The van der Waals surface area contributed by atoms with Crippen molar-refractivity contribution in [2.45, 2.75) is 20.0 Å². The SMILES string of the molecule is COc1cc(/C=C/C(=O)Nn2cnc3ccccc3c2=O)ccc1OC(C)C. The normalized spacial score (nSPS) is 11.1. The van der Waals surface area contributed by atoms with E-state index in [0.717, 1.165) is 10.2 Å². The molecule has 7 nitrogen and oxygen atoms in total. The largest absolute Gasteiger partial charge is 0.493 e. The number of carbonyl (C=O) groups excluding carboxylic acids is 1. The topological polar surface area (TPSA) is 82.5 Å². The molecular weight excluding hydrogens is 358 g/mol. The van der Waals surface area contributed by atoms with Gasteiger partial charge in [0.1, 0.15) is 6.33 Å². The molecule has 28 heavy (non-hydrogen) atoms. The van der Waals surface area contributed by atoms with E-state index in [0.29, 0.717) is 22.4 Å². The van der Waals surface area contributed by atoms with Crippen LogP contribution in [0.5, 0.6) is 11.5 Å². The number of amides is 1. The fourth-order valence-electron chi connectivity index (χ4n) is 2.62. The second kappa shape index (κ2) is 8.39. The first-order chi connectivity index (χ1) is 13.5. The monoisotopic (exact) mass is 379 g/mol. The molecule has 144 valence electrons. The molecule has 0 atom stereocenters. The molecule has 0 fully saturated rings. The first-order valence-electron chi connectivity index (χ1n) is 8.78. The lowest BCUT2D eigenvalue weighted by molar-refractivity contribution is -0.112. The number of fused-ring (bicyclic) bond motifs is 1. The van der Waals surface area contributed by atoms with E-state index in [4.69, 9.17) is 9.47 Å². The number of methoxy groups -OCH3 is 1. The van der Waals surface area contributed by atoms with Gasteiger partial charge in [-0.05, 0) is 49.8 Å². The van der Waals surface area contributed by atoms with Crippen molar-refractivity contribution >= 4 is 22.9 Å². The summed E-state index contributed by atoms with van der Waals surface area (Å²) in [6.07, 6.45) is 4.27. The van der Waals surface area contributed by atoms with Crippen LogP contribution in [0.3, 0.4) is 0 Å². The zero-order valence-corrected chi connectivity index (χ0v) is 15.9. The molecule has 0 unspecified atom stereocenters. The summed E-state index contributed by atoms with van der Waals surface area (Å²) in [6.45, 7) is 3.86. The molecule has 2 aromatic carbocycles. The fraction of sp³-hybridized carbons (Fsp3) is 0.190. The Morgan fingerprint density at radius 2 is 1.96 bits per heavy atom. The summed E-state index contributed by atoms with van der Waals surface area (Å²) in [5.41, 5.74) is 3.49. The van der Waals surface area contributed by atoms with Crippen LogP contribution in [0.4, 0.5) is 0 Å². The van der Waals surface area contributed by atoms with Gasteiger partial charge in [-0.3, -0.25) is 15.0 Å². The molecule has 1 N–H and O–H groups in total. The van der Waals surface area contributed by atoms with Gasteiger partial charge in [-0.25, -0.2) is 9.66 Å². The minimum Gasteiger partial charge on any atom is -0.493 e. The minimum atomic E-state index is -0.458. The second-order valence-electron chi connectivity index (χ2n) is 6.32. The van der Waals surface area contributed by atoms with E-state index in [-0.39, 0.29) is 11.7 Å². The molecule has 0 aliphatic heterocycles. The first-order valence-corrected chi connectivity index (χ1v) is 8.78. The molecule has 7 heteroatoms. The van der Waals surface area contributed by atoms with Crippen molar-refractivity contribution < 1.29 is 14.3 Å². The number of benzene rings is 2. The lowest BCUT2D eigenvalue weighted by Gasteiger charge is -2.13. The van der Waals surface area contributed by atoms with Gasteiger partial charge in [0.25, 0.3) is 11.5 Å². The van der Waals surface area contributed by atoms with E-state index in [1.165, 1.54) is 12.4 Å². The van der Waals surface area contributed by atoms with Gasteiger partial charge in [-0.2, -0.15) is 0 Å². The van der Waals surface area contributed by atoms with Gasteiger partial charge in [0.15, 0.2) is 11.5 Å². The quantitative estimate of drug-likeness (QED) is 0.666. The number of hydrogen-bond donors (Lipinski definition) is 1. The third-order valence-electron chi connectivity index (χ3n) is 3.87. The maximum Gasteiger partial charge on any atom is 0.280 e. The van der Waals surface area contributed by atoms with Gasteiger partial charge < -0.3 is 9.47 Å². The van der Waals surface area contributed by atoms with Crippen molar-refractivity contribution in [1.29, 1.82) is 0 Å². The van der Waals surface area contributed by atoms with Crippen molar-refractivity contribution in [3.05, 3.63) is 70.8 Å². The van der Waals surface area contributed by atoms with E-state index in [9.17, 15) is 9.59 Å². The van der Waals surface area contributed by atoms with Crippen LogP contribution in [0.15, 0.2) is 59.7 Å². The Labute approximate surface area is 162 Å². The van der Waals surface area contributed by atoms with Crippen LogP contribution < -0.4 is 20.5 Å². The molecule has 1 amide bonds. The zero-order chi connectivity index (χ0) is 20.1. The molecule has 1 aromatic heterocycles. The zero-order valence-electron chi connectivity index (χ0n) is 15.9. The number of carbonyl (C=O) groups is 1. The number of nitrogens with one attached hydrogen (secondary N) is 1. The third kappa shape index (κ3) is 4.37. The summed E-state index contributed by atoms with van der Waals surface area (Å²) in [5, 5.41) is 0.430. The highest BCUT2D eigenvalue weighted by molar-refractivity contribution is 5.97. The Bertz CT molecular complexity index is 1090. The molecule has 0 radical (unpaired) electrons. The average molecular weight is 379 g/mol. The van der Waals surface area contributed by atoms with E-state index in [2.05, 4.69) is 10.4 Å². The van der Waals surface area contributed by atoms with Gasteiger partial charge in [0.2, 0.25) is 0 Å². The van der Waals surface area contributed by atoms with Crippen LogP contribution >= 0.6 is 0 Å². The predicted molar refractivity (Wildman–Crippen MR) is 108 cm³/mol. The van der Waals surface area contributed by atoms with Crippen LogP contribution in [0.1, 0.15) is 19.4 Å². The number of aromatic nitrogens is 2.